The number of amides is 1. The van der Waals surface area contributed by atoms with Gasteiger partial charge in [-0.05, 0) is 58.2 Å². The van der Waals surface area contributed by atoms with Gasteiger partial charge in [0.1, 0.15) is 6.54 Å². The number of hydrogen-bond donors (Lipinski definition) is 0. The fourth-order valence-electron chi connectivity index (χ4n) is 4.54. The molecule has 1 aliphatic rings. The quantitative estimate of drug-likeness (QED) is 0.667. The summed E-state index contributed by atoms with van der Waals surface area (Å²) in [5, 5.41) is 4.57. The molecule has 4 rings (SSSR count). The molecule has 0 bridgehead atoms. The summed E-state index contributed by atoms with van der Waals surface area (Å²) >= 11 is 0. The lowest BCUT2D eigenvalue weighted by Gasteiger charge is -2.36. The molecule has 0 spiro atoms. The highest BCUT2D eigenvalue weighted by atomic mass is 16.2. The number of piperidine rings is 1. The van der Waals surface area contributed by atoms with Crippen molar-refractivity contribution in [2.24, 2.45) is 0 Å². The first-order chi connectivity index (χ1) is 14.0. The molecule has 0 radical (unpaired) electrons. The molecule has 1 saturated heterocycles. The maximum atomic E-state index is 13.3. The Bertz CT molecular complexity index is 1090. The van der Waals surface area contributed by atoms with Crippen molar-refractivity contribution in [3.63, 3.8) is 0 Å². The van der Waals surface area contributed by atoms with Crippen LogP contribution in [0.4, 0.5) is 0 Å². The van der Waals surface area contributed by atoms with Crippen LogP contribution in [0.2, 0.25) is 0 Å². The van der Waals surface area contributed by atoms with Crippen molar-refractivity contribution < 1.29 is 4.79 Å². The van der Waals surface area contributed by atoms with Crippen molar-refractivity contribution in [3.05, 3.63) is 52.2 Å². The summed E-state index contributed by atoms with van der Waals surface area (Å²) in [7, 11) is 0. The molecule has 3 aromatic rings. The van der Waals surface area contributed by atoms with E-state index in [-0.39, 0.29) is 24.2 Å². The number of para-hydroxylation sites is 2. The maximum absolute atomic E-state index is 13.3. The third-order valence-electron chi connectivity index (χ3n) is 5.97. The molecule has 1 fully saturated rings. The lowest BCUT2D eigenvalue weighted by atomic mass is 10.0. The molecule has 1 unspecified atom stereocenters. The third kappa shape index (κ3) is 3.61. The highest BCUT2D eigenvalue weighted by Gasteiger charge is 2.28. The van der Waals surface area contributed by atoms with Crippen LogP contribution in [0.15, 0.2) is 35.1 Å². The van der Waals surface area contributed by atoms with Gasteiger partial charge in [0.15, 0.2) is 0 Å². The van der Waals surface area contributed by atoms with Crippen molar-refractivity contribution in [1.82, 2.24) is 23.8 Å². The summed E-state index contributed by atoms with van der Waals surface area (Å²) < 4.78 is 5.35. The summed E-state index contributed by atoms with van der Waals surface area (Å²) in [6.45, 7) is 8.11. The lowest BCUT2D eigenvalue weighted by molar-refractivity contribution is -0.135. The Balaban J connectivity index is 1.60. The Hall–Kier alpha value is -2.83. The molecule has 1 aromatic carbocycles. The van der Waals surface area contributed by atoms with Crippen LogP contribution in [0.3, 0.4) is 0 Å². The van der Waals surface area contributed by atoms with Gasteiger partial charge in [-0.2, -0.15) is 5.10 Å². The number of fused-ring (bicyclic) bond motifs is 1. The van der Waals surface area contributed by atoms with Crippen molar-refractivity contribution in [2.75, 3.05) is 6.54 Å². The number of aryl methyl sites for hydroxylation is 3. The zero-order valence-corrected chi connectivity index (χ0v) is 17.5. The predicted molar refractivity (Wildman–Crippen MR) is 113 cm³/mol. The number of hydrogen-bond acceptors (Lipinski definition) is 3. The van der Waals surface area contributed by atoms with Crippen molar-refractivity contribution >= 4 is 16.9 Å². The maximum Gasteiger partial charge on any atom is 0.329 e. The zero-order valence-electron chi connectivity index (χ0n) is 17.5. The zero-order chi connectivity index (χ0) is 20.5. The average Bonchev–Trinajstić information content (AvgIpc) is 3.17. The van der Waals surface area contributed by atoms with E-state index in [0.717, 1.165) is 48.2 Å². The Morgan fingerprint density at radius 2 is 1.86 bits per heavy atom. The number of carbonyl (C=O) groups excluding carboxylic acids is 1. The van der Waals surface area contributed by atoms with Crippen LogP contribution in [0.25, 0.3) is 11.0 Å². The topological polar surface area (TPSA) is 65.1 Å². The fraction of sp³-hybridized carbons (Fsp3) is 0.500. The lowest BCUT2D eigenvalue weighted by Crippen LogP contribution is -2.48. The van der Waals surface area contributed by atoms with E-state index >= 15 is 0 Å². The molecular formula is C22H29N5O2. The number of imidazole rings is 1. The Kier molecular flexibility index (Phi) is 5.30. The van der Waals surface area contributed by atoms with Gasteiger partial charge in [-0.3, -0.25) is 18.6 Å². The number of carbonyl (C=O) groups is 1. The second-order valence-corrected chi connectivity index (χ2v) is 7.95. The van der Waals surface area contributed by atoms with Crippen LogP contribution in [-0.2, 0) is 24.4 Å². The molecule has 3 heterocycles. The number of aromatic nitrogens is 4. The number of nitrogens with zero attached hydrogens (tertiary/aromatic N) is 5. The van der Waals surface area contributed by atoms with E-state index in [4.69, 9.17) is 0 Å². The summed E-state index contributed by atoms with van der Waals surface area (Å²) in [5.41, 5.74) is 3.69. The standard InChI is InChI=1S/C22H29N5O2/c1-4-24-19-10-5-6-11-20(19)26(22(24)29)15-21(28)25-12-8-7-9-18(25)14-27-17(3)13-16(2)23-27/h5-6,10-11,13,18H,4,7-9,12,14-15H2,1-3H3. The van der Waals surface area contributed by atoms with Crippen LogP contribution in [0.1, 0.15) is 37.6 Å². The van der Waals surface area contributed by atoms with Gasteiger partial charge in [0.25, 0.3) is 0 Å². The largest absolute Gasteiger partial charge is 0.336 e. The van der Waals surface area contributed by atoms with Crippen LogP contribution >= 0.6 is 0 Å². The minimum atomic E-state index is -0.117. The van der Waals surface area contributed by atoms with E-state index in [9.17, 15) is 9.59 Å². The molecule has 1 aliphatic heterocycles. The van der Waals surface area contributed by atoms with Gasteiger partial charge < -0.3 is 4.90 Å². The van der Waals surface area contributed by atoms with E-state index in [1.54, 1.807) is 9.13 Å². The highest BCUT2D eigenvalue weighted by molar-refractivity contribution is 5.81. The fourth-order valence-corrected chi connectivity index (χ4v) is 4.54. The van der Waals surface area contributed by atoms with Gasteiger partial charge >= 0.3 is 5.69 Å². The second kappa shape index (κ2) is 7.89. The molecule has 29 heavy (non-hydrogen) atoms. The van der Waals surface area contributed by atoms with Gasteiger partial charge in [0, 0.05) is 18.8 Å². The summed E-state index contributed by atoms with van der Waals surface area (Å²) in [6.07, 6.45) is 3.09. The van der Waals surface area contributed by atoms with Gasteiger partial charge in [-0.15, -0.1) is 0 Å². The Labute approximate surface area is 170 Å². The molecule has 0 aliphatic carbocycles. The van der Waals surface area contributed by atoms with Crippen LogP contribution < -0.4 is 5.69 Å². The van der Waals surface area contributed by atoms with Crippen LogP contribution in [-0.4, -0.2) is 42.3 Å². The normalized spacial score (nSPS) is 17.2. The number of rotatable bonds is 5. The minimum absolute atomic E-state index is 0.0114. The monoisotopic (exact) mass is 395 g/mol. The first-order valence-corrected chi connectivity index (χ1v) is 10.5. The van der Waals surface area contributed by atoms with Crippen LogP contribution in [0.5, 0.6) is 0 Å². The SMILES string of the molecule is CCn1c(=O)n(CC(=O)N2CCCCC2Cn2nc(C)cc2C)c2ccccc21. The molecule has 1 amide bonds. The molecule has 7 nitrogen and oxygen atoms in total. The second-order valence-electron chi connectivity index (χ2n) is 7.95. The van der Waals surface area contributed by atoms with E-state index in [1.807, 2.05) is 54.6 Å². The highest BCUT2D eigenvalue weighted by Crippen LogP contribution is 2.21. The summed E-state index contributed by atoms with van der Waals surface area (Å²) in [5.74, 6) is 0.0114. The number of likely N-dealkylation sites (tertiary alicyclic amines) is 1. The minimum Gasteiger partial charge on any atom is -0.336 e. The third-order valence-corrected chi connectivity index (χ3v) is 5.97. The molecule has 0 saturated carbocycles. The Morgan fingerprint density at radius 1 is 1.14 bits per heavy atom. The van der Waals surface area contributed by atoms with Crippen molar-refractivity contribution in [3.8, 4) is 0 Å². The van der Waals surface area contributed by atoms with Gasteiger partial charge in [-0.1, -0.05) is 12.1 Å². The summed E-state index contributed by atoms with van der Waals surface area (Å²) in [4.78, 5) is 28.1. The smallest absolute Gasteiger partial charge is 0.329 e. The summed E-state index contributed by atoms with van der Waals surface area (Å²) in [6, 6.07) is 9.87. The average molecular weight is 396 g/mol. The molecule has 7 heteroatoms. The van der Waals surface area contributed by atoms with E-state index in [2.05, 4.69) is 11.2 Å². The number of benzene rings is 1. The molecular weight excluding hydrogens is 366 g/mol. The first-order valence-electron chi connectivity index (χ1n) is 10.5. The predicted octanol–water partition coefficient (Wildman–Crippen LogP) is 2.72. The van der Waals surface area contributed by atoms with Crippen molar-refractivity contribution in [2.45, 2.75) is 65.7 Å². The first kappa shape index (κ1) is 19.5. The molecule has 2 aromatic heterocycles. The van der Waals surface area contributed by atoms with E-state index in [1.165, 1.54) is 0 Å². The van der Waals surface area contributed by atoms with Crippen LogP contribution in [0, 0.1) is 13.8 Å². The van der Waals surface area contributed by atoms with E-state index < -0.39 is 0 Å². The molecule has 1 atom stereocenters. The van der Waals surface area contributed by atoms with Gasteiger partial charge in [0.2, 0.25) is 5.91 Å². The van der Waals surface area contributed by atoms with Crippen molar-refractivity contribution in [1.29, 1.82) is 0 Å². The van der Waals surface area contributed by atoms with Gasteiger partial charge in [-0.25, -0.2) is 4.79 Å². The Morgan fingerprint density at radius 3 is 2.52 bits per heavy atom. The molecule has 0 N–H and O–H groups in total. The van der Waals surface area contributed by atoms with Gasteiger partial charge in [0.05, 0.1) is 29.3 Å². The van der Waals surface area contributed by atoms with E-state index in [0.29, 0.717) is 13.1 Å². The molecule has 154 valence electrons.